The molecule has 0 amide bonds. The molecule has 1 N–H and O–H groups in total. The van der Waals surface area contributed by atoms with Crippen LogP contribution in [0.3, 0.4) is 0 Å². The van der Waals surface area contributed by atoms with E-state index in [4.69, 9.17) is 4.98 Å². The van der Waals surface area contributed by atoms with Gasteiger partial charge in [-0.3, -0.25) is 5.10 Å². The molecule has 4 aromatic heterocycles. The predicted molar refractivity (Wildman–Crippen MR) is 134 cm³/mol. The average Bonchev–Trinajstić information content (AvgIpc) is 3.54. The molecule has 5 heterocycles. The fourth-order valence-electron chi connectivity index (χ4n) is 5.16. The van der Waals surface area contributed by atoms with E-state index < -0.39 is 12.6 Å². The molecular weight excluding hydrogens is 487 g/mol. The van der Waals surface area contributed by atoms with Crippen LogP contribution in [0.1, 0.15) is 59.9 Å². The first kappa shape index (κ1) is 24.9. The number of pyridine rings is 1. The summed E-state index contributed by atoms with van der Waals surface area (Å²) in [5, 5.41) is 12.0. The van der Waals surface area contributed by atoms with Gasteiger partial charge in [0, 0.05) is 28.2 Å². The number of alkyl halides is 3. The van der Waals surface area contributed by atoms with E-state index in [2.05, 4.69) is 39.0 Å². The van der Waals surface area contributed by atoms with Gasteiger partial charge in [-0.1, -0.05) is 0 Å². The first-order valence-corrected chi connectivity index (χ1v) is 13.0. The number of likely N-dealkylation sites (tertiary alicyclic amines) is 1. The van der Waals surface area contributed by atoms with Crippen molar-refractivity contribution >= 4 is 17.0 Å². The molecule has 1 aliphatic rings. The van der Waals surface area contributed by atoms with Gasteiger partial charge in [0.15, 0.2) is 5.65 Å². The molecule has 1 fully saturated rings. The first-order valence-electron chi connectivity index (χ1n) is 12.2. The maximum atomic E-state index is 13.8. The second-order valence-corrected chi connectivity index (χ2v) is 10.9. The second kappa shape index (κ2) is 9.26. The number of aromatic nitrogens is 6. The van der Waals surface area contributed by atoms with Crippen LogP contribution >= 0.6 is 11.3 Å². The zero-order valence-corrected chi connectivity index (χ0v) is 21.9. The molecule has 11 heteroatoms. The SMILES string of the molecule is Cc1nc(-c2n[nH]c(-c3cn4ncnc4c(C)c3C)c2CC(F)(F)F)sc1C1CCN(C(C)C)CC1. The Bertz CT molecular complexity index is 1390. The van der Waals surface area contributed by atoms with Crippen LogP contribution in [0.25, 0.3) is 27.6 Å². The van der Waals surface area contributed by atoms with Crippen molar-refractivity contribution < 1.29 is 13.2 Å². The summed E-state index contributed by atoms with van der Waals surface area (Å²) in [7, 11) is 0. The summed E-state index contributed by atoms with van der Waals surface area (Å²) in [6.45, 7) is 12.2. The van der Waals surface area contributed by atoms with E-state index in [-0.39, 0.29) is 11.3 Å². The zero-order chi connectivity index (χ0) is 25.8. The van der Waals surface area contributed by atoms with Crippen molar-refractivity contribution in [2.45, 2.75) is 72.0 Å². The number of aromatic amines is 1. The second-order valence-electron chi connectivity index (χ2n) is 9.91. The molecular formula is C25H30F3N7S. The van der Waals surface area contributed by atoms with Crippen LogP contribution in [0, 0.1) is 20.8 Å². The minimum atomic E-state index is -4.40. The van der Waals surface area contributed by atoms with E-state index in [0.29, 0.717) is 33.9 Å². The fraction of sp³-hybridized carbons (Fsp3) is 0.520. The van der Waals surface area contributed by atoms with Crippen molar-refractivity contribution in [3.8, 4) is 22.0 Å². The van der Waals surface area contributed by atoms with E-state index in [0.717, 1.165) is 47.6 Å². The maximum absolute atomic E-state index is 13.8. The van der Waals surface area contributed by atoms with Crippen LogP contribution in [0.5, 0.6) is 0 Å². The molecule has 192 valence electrons. The molecule has 0 atom stereocenters. The number of thiazole rings is 1. The molecule has 0 radical (unpaired) electrons. The average molecular weight is 518 g/mol. The fourth-order valence-corrected chi connectivity index (χ4v) is 6.41. The van der Waals surface area contributed by atoms with Gasteiger partial charge in [0.2, 0.25) is 0 Å². The summed E-state index contributed by atoms with van der Waals surface area (Å²) < 4.78 is 42.9. The highest BCUT2D eigenvalue weighted by molar-refractivity contribution is 7.15. The third-order valence-corrected chi connectivity index (χ3v) is 8.63. The molecule has 0 saturated carbocycles. The summed E-state index contributed by atoms with van der Waals surface area (Å²) in [6, 6.07) is 0.514. The lowest BCUT2D eigenvalue weighted by Gasteiger charge is -2.34. The molecule has 36 heavy (non-hydrogen) atoms. The van der Waals surface area contributed by atoms with Crippen molar-refractivity contribution in [2.75, 3.05) is 13.1 Å². The maximum Gasteiger partial charge on any atom is 0.393 e. The van der Waals surface area contributed by atoms with Crippen molar-refractivity contribution in [3.63, 3.8) is 0 Å². The number of rotatable bonds is 5. The molecule has 0 unspecified atom stereocenters. The number of halogens is 3. The third kappa shape index (κ3) is 4.54. The number of fused-ring (bicyclic) bond motifs is 1. The van der Waals surface area contributed by atoms with Crippen LogP contribution < -0.4 is 0 Å². The smallest absolute Gasteiger partial charge is 0.301 e. The predicted octanol–water partition coefficient (Wildman–Crippen LogP) is 5.86. The number of aryl methyl sites for hydroxylation is 2. The van der Waals surface area contributed by atoms with E-state index >= 15 is 0 Å². The number of H-pyrrole nitrogens is 1. The Labute approximate surface area is 211 Å². The summed E-state index contributed by atoms with van der Waals surface area (Å²) in [5.74, 6) is 0.371. The lowest BCUT2D eigenvalue weighted by molar-refractivity contribution is -0.127. The van der Waals surface area contributed by atoms with E-state index in [1.807, 2.05) is 20.8 Å². The first-order chi connectivity index (χ1) is 17.0. The van der Waals surface area contributed by atoms with Crippen LogP contribution in [-0.4, -0.2) is 60.0 Å². The topological polar surface area (TPSA) is 75.0 Å². The number of hydrogen-bond acceptors (Lipinski definition) is 6. The van der Waals surface area contributed by atoms with Gasteiger partial charge in [-0.2, -0.15) is 23.4 Å². The summed E-state index contributed by atoms with van der Waals surface area (Å²) in [5.41, 5.74) is 4.62. The van der Waals surface area contributed by atoms with Crippen molar-refractivity contribution in [2.24, 2.45) is 0 Å². The summed E-state index contributed by atoms with van der Waals surface area (Å²) in [6.07, 6.45) is -0.291. The standard InChI is InChI=1S/C25H30F3N7S/c1-13(2)34-8-6-17(7-9-34)22-16(5)31-24(36-22)21-18(10-25(26,27)28)20(32-33-21)19-11-35-23(29-12-30-35)15(4)14(19)3/h11-13,17H,6-10H2,1-5H3,(H,32,33). The molecule has 4 aromatic rings. The molecule has 1 saturated heterocycles. The Kier molecular flexibility index (Phi) is 6.40. The van der Waals surface area contributed by atoms with Crippen LogP contribution in [0.15, 0.2) is 12.5 Å². The Morgan fingerprint density at radius 1 is 1.14 bits per heavy atom. The minimum Gasteiger partial charge on any atom is -0.301 e. The van der Waals surface area contributed by atoms with Gasteiger partial charge in [-0.05, 0) is 77.6 Å². The normalized spacial score (nSPS) is 16.0. The lowest BCUT2D eigenvalue weighted by atomic mass is 9.94. The van der Waals surface area contributed by atoms with Gasteiger partial charge in [0.25, 0.3) is 0 Å². The molecule has 0 aromatic carbocycles. The molecule has 7 nitrogen and oxygen atoms in total. The highest BCUT2D eigenvalue weighted by Gasteiger charge is 2.34. The lowest BCUT2D eigenvalue weighted by Crippen LogP contribution is -2.37. The zero-order valence-electron chi connectivity index (χ0n) is 21.1. The number of nitrogens with one attached hydrogen (secondary N) is 1. The van der Waals surface area contributed by atoms with Gasteiger partial charge < -0.3 is 4.90 Å². The Morgan fingerprint density at radius 3 is 2.53 bits per heavy atom. The van der Waals surface area contributed by atoms with E-state index in [9.17, 15) is 13.2 Å². The van der Waals surface area contributed by atoms with E-state index in [1.165, 1.54) is 17.7 Å². The highest BCUT2D eigenvalue weighted by Crippen LogP contribution is 2.42. The largest absolute Gasteiger partial charge is 0.393 e. The molecule has 0 spiro atoms. The van der Waals surface area contributed by atoms with Crippen molar-refractivity contribution in [1.82, 2.24) is 34.7 Å². The molecule has 5 rings (SSSR count). The van der Waals surface area contributed by atoms with Gasteiger partial charge in [0.1, 0.15) is 17.0 Å². The summed E-state index contributed by atoms with van der Waals surface area (Å²) >= 11 is 1.48. The highest BCUT2D eigenvalue weighted by atomic mass is 32.1. The Balaban J connectivity index is 1.56. The van der Waals surface area contributed by atoms with Gasteiger partial charge in [0.05, 0.1) is 17.8 Å². The summed E-state index contributed by atoms with van der Waals surface area (Å²) in [4.78, 5) is 12.6. The quantitative estimate of drug-likeness (QED) is 0.359. The monoisotopic (exact) mass is 517 g/mol. The van der Waals surface area contributed by atoms with Gasteiger partial charge >= 0.3 is 6.18 Å². The van der Waals surface area contributed by atoms with Crippen LogP contribution in [0.4, 0.5) is 13.2 Å². The van der Waals surface area contributed by atoms with Gasteiger partial charge in [-0.15, -0.1) is 11.3 Å². The van der Waals surface area contributed by atoms with E-state index in [1.54, 1.807) is 10.7 Å². The third-order valence-electron chi connectivity index (χ3n) is 7.31. The minimum absolute atomic E-state index is 0.111. The van der Waals surface area contributed by atoms with Crippen molar-refractivity contribution in [3.05, 3.63) is 39.8 Å². The van der Waals surface area contributed by atoms with Crippen LogP contribution in [0.2, 0.25) is 0 Å². The number of nitrogens with zero attached hydrogens (tertiary/aromatic N) is 6. The Morgan fingerprint density at radius 2 is 1.86 bits per heavy atom. The Hall–Kier alpha value is -2.79. The number of piperidine rings is 1. The molecule has 1 aliphatic heterocycles. The molecule has 0 aliphatic carbocycles. The van der Waals surface area contributed by atoms with Crippen LogP contribution in [-0.2, 0) is 6.42 Å². The number of hydrogen-bond donors (Lipinski definition) is 1. The van der Waals surface area contributed by atoms with Crippen molar-refractivity contribution in [1.29, 1.82) is 0 Å². The van der Waals surface area contributed by atoms with Gasteiger partial charge in [-0.25, -0.2) is 14.5 Å². The molecule has 0 bridgehead atoms.